The van der Waals surface area contributed by atoms with Gasteiger partial charge >= 0.3 is 11.9 Å². The molecule has 0 saturated heterocycles. The van der Waals surface area contributed by atoms with Crippen LogP contribution >= 0.6 is 0 Å². The maximum atomic E-state index is 11.7. The Bertz CT molecular complexity index is 405. The maximum absolute atomic E-state index is 11.7. The fourth-order valence-corrected chi connectivity index (χ4v) is 1.77. The van der Waals surface area contributed by atoms with Gasteiger partial charge in [0.1, 0.15) is 12.7 Å². The van der Waals surface area contributed by atoms with E-state index in [1.807, 2.05) is 0 Å². The number of hydrogen-bond acceptors (Lipinski definition) is 4. The van der Waals surface area contributed by atoms with Gasteiger partial charge in [-0.25, -0.2) is 9.59 Å². The molecule has 0 aromatic rings. The van der Waals surface area contributed by atoms with Crippen molar-refractivity contribution < 1.29 is 19.1 Å². The van der Waals surface area contributed by atoms with Gasteiger partial charge in [-0.2, -0.15) is 0 Å². The molecule has 1 unspecified atom stereocenters. The summed E-state index contributed by atoms with van der Waals surface area (Å²) in [4.78, 5) is 23.2. The molecule has 0 N–H and O–H groups in total. The number of rotatable bonds is 9. The Morgan fingerprint density at radius 3 is 1.90 bits per heavy atom. The third-order valence-electron chi connectivity index (χ3n) is 3.80. The van der Waals surface area contributed by atoms with Gasteiger partial charge < -0.3 is 9.47 Å². The van der Waals surface area contributed by atoms with Crippen LogP contribution in [-0.4, -0.2) is 24.6 Å². The molecule has 4 heteroatoms. The Hall–Kier alpha value is -1.58. The minimum Gasteiger partial charge on any atom is -0.458 e. The summed E-state index contributed by atoms with van der Waals surface area (Å²) in [7, 11) is 0. The summed E-state index contributed by atoms with van der Waals surface area (Å²) >= 11 is 0. The van der Waals surface area contributed by atoms with Crippen LogP contribution in [0.4, 0.5) is 0 Å². The molecule has 0 spiro atoms. The van der Waals surface area contributed by atoms with Crippen molar-refractivity contribution in [3.8, 4) is 0 Å². The van der Waals surface area contributed by atoms with E-state index in [0.717, 1.165) is 12.8 Å². The van der Waals surface area contributed by atoms with Gasteiger partial charge in [0.05, 0.1) is 0 Å². The van der Waals surface area contributed by atoms with Crippen molar-refractivity contribution in [2.24, 2.45) is 5.41 Å². The normalized spacial score (nSPS) is 12.4. The molecule has 0 fully saturated rings. The van der Waals surface area contributed by atoms with Crippen LogP contribution in [0.2, 0.25) is 0 Å². The molecule has 0 radical (unpaired) electrons. The van der Waals surface area contributed by atoms with E-state index in [1.54, 1.807) is 13.8 Å². The van der Waals surface area contributed by atoms with Crippen LogP contribution in [-0.2, 0) is 19.1 Å². The van der Waals surface area contributed by atoms with E-state index in [2.05, 4.69) is 33.9 Å². The molecule has 0 amide bonds. The molecule has 1 atom stereocenters. The maximum Gasteiger partial charge on any atom is 0.333 e. The summed E-state index contributed by atoms with van der Waals surface area (Å²) < 4.78 is 10.5. The summed E-state index contributed by atoms with van der Waals surface area (Å²) in [5.41, 5.74) is 0.699. The Labute approximate surface area is 128 Å². The smallest absolute Gasteiger partial charge is 0.333 e. The van der Waals surface area contributed by atoms with Crippen molar-refractivity contribution in [2.45, 2.75) is 60.0 Å². The van der Waals surface area contributed by atoms with Crippen molar-refractivity contribution in [1.82, 2.24) is 0 Å². The van der Waals surface area contributed by atoms with Crippen LogP contribution in [0.5, 0.6) is 0 Å². The van der Waals surface area contributed by atoms with Crippen molar-refractivity contribution in [3.63, 3.8) is 0 Å². The van der Waals surface area contributed by atoms with Gasteiger partial charge in [-0.3, -0.25) is 0 Å². The highest BCUT2D eigenvalue weighted by Crippen LogP contribution is 2.32. The average molecular weight is 296 g/mol. The predicted molar refractivity (Wildman–Crippen MR) is 83.8 cm³/mol. The topological polar surface area (TPSA) is 52.6 Å². The Balaban J connectivity index is 4.84. The largest absolute Gasteiger partial charge is 0.458 e. The minimum absolute atomic E-state index is 0.0374. The zero-order valence-electron chi connectivity index (χ0n) is 14.0. The van der Waals surface area contributed by atoms with Crippen molar-refractivity contribution in [2.75, 3.05) is 6.61 Å². The molecule has 0 rings (SSSR count). The molecule has 4 nitrogen and oxygen atoms in total. The van der Waals surface area contributed by atoms with E-state index in [4.69, 9.17) is 9.47 Å². The fourth-order valence-electron chi connectivity index (χ4n) is 1.77. The highest BCUT2D eigenvalue weighted by atomic mass is 16.6. The van der Waals surface area contributed by atoms with Crippen LogP contribution in [0.3, 0.4) is 0 Å². The van der Waals surface area contributed by atoms with E-state index < -0.39 is 18.0 Å². The Kier molecular flexibility index (Phi) is 8.00. The first-order valence-corrected chi connectivity index (χ1v) is 7.34. The minimum atomic E-state index is -0.471. The number of carbonyl (C=O) groups excluding carboxylic acids is 2. The molecular formula is C17H28O4. The number of hydrogen-bond donors (Lipinski definition) is 0. The highest BCUT2D eigenvalue weighted by Gasteiger charge is 2.28. The van der Waals surface area contributed by atoms with Gasteiger partial charge in [0, 0.05) is 11.1 Å². The molecule has 0 heterocycles. The number of esters is 2. The van der Waals surface area contributed by atoms with Gasteiger partial charge in [0.25, 0.3) is 0 Å². The predicted octanol–water partition coefficient (Wildman–Crippen LogP) is 3.81. The fraction of sp³-hybridized carbons (Fsp3) is 0.647. The first kappa shape index (κ1) is 19.4. The van der Waals surface area contributed by atoms with Crippen LogP contribution in [0.15, 0.2) is 24.3 Å². The molecule has 0 aromatic carbocycles. The Morgan fingerprint density at radius 2 is 1.52 bits per heavy atom. The van der Waals surface area contributed by atoms with E-state index in [-0.39, 0.29) is 12.0 Å². The lowest BCUT2D eigenvalue weighted by Gasteiger charge is -2.31. The lowest BCUT2D eigenvalue weighted by atomic mass is 9.79. The molecule has 0 aliphatic carbocycles. The van der Waals surface area contributed by atoms with Gasteiger partial charge in [-0.05, 0) is 25.7 Å². The van der Waals surface area contributed by atoms with Crippen LogP contribution in [0, 0.1) is 5.41 Å². The summed E-state index contributed by atoms with van der Waals surface area (Å²) in [6.45, 7) is 16.7. The summed E-state index contributed by atoms with van der Waals surface area (Å²) in [6, 6.07) is 0. The van der Waals surface area contributed by atoms with Gasteiger partial charge in [-0.15, -0.1) is 0 Å². The second kappa shape index (κ2) is 8.65. The van der Waals surface area contributed by atoms with Gasteiger partial charge in [0.2, 0.25) is 0 Å². The van der Waals surface area contributed by atoms with Crippen LogP contribution in [0.25, 0.3) is 0 Å². The molecule has 120 valence electrons. The lowest BCUT2D eigenvalue weighted by molar-refractivity contribution is -0.156. The Morgan fingerprint density at radius 1 is 1.05 bits per heavy atom. The molecule has 0 aromatic heterocycles. The van der Waals surface area contributed by atoms with Crippen molar-refractivity contribution in [1.29, 1.82) is 0 Å². The van der Waals surface area contributed by atoms with E-state index in [9.17, 15) is 9.59 Å². The lowest BCUT2D eigenvalue weighted by Crippen LogP contribution is -2.31. The van der Waals surface area contributed by atoms with E-state index >= 15 is 0 Å². The summed E-state index contributed by atoms with van der Waals surface area (Å²) in [5.74, 6) is -0.929. The third kappa shape index (κ3) is 7.11. The van der Waals surface area contributed by atoms with Crippen LogP contribution in [0.1, 0.15) is 53.9 Å². The quantitative estimate of drug-likeness (QED) is 0.479. The molecule has 0 bridgehead atoms. The zero-order valence-corrected chi connectivity index (χ0v) is 14.0. The summed E-state index contributed by atoms with van der Waals surface area (Å²) in [6.07, 6.45) is 2.09. The summed E-state index contributed by atoms with van der Waals surface area (Å²) in [5, 5.41) is 0. The highest BCUT2D eigenvalue weighted by molar-refractivity contribution is 5.87. The SMILES string of the molecule is C=C(C)C(=O)OCC(CC(C)(CC)CC)OC(=O)C(=C)C. The van der Waals surface area contributed by atoms with E-state index in [1.165, 1.54) is 0 Å². The first-order chi connectivity index (χ1) is 9.65. The molecule has 21 heavy (non-hydrogen) atoms. The monoisotopic (exact) mass is 296 g/mol. The second-order valence-corrected chi connectivity index (χ2v) is 5.91. The van der Waals surface area contributed by atoms with Gasteiger partial charge in [0.15, 0.2) is 0 Å². The van der Waals surface area contributed by atoms with E-state index in [0.29, 0.717) is 17.6 Å². The molecule has 0 saturated carbocycles. The number of ether oxygens (including phenoxy) is 2. The van der Waals surface area contributed by atoms with Crippen molar-refractivity contribution in [3.05, 3.63) is 24.3 Å². The third-order valence-corrected chi connectivity index (χ3v) is 3.80. The average Bonchev–Trinajstić information content (AvgIpc) is 2.43. The van der Waals surface area contributed by atoms with Crippen LogP contribution < -0.4 is 0 Å². The molecular weight excluding hydrogens is 268 g/mol. The molecule has 0 aliphatic heterocycles. The van der Waals surface area contributed by atoms with Crippen molar-refractivity contribution >= 4 is 11.9 Å². The number of carbonyl (C=O) groups is 2. The van der Waals surface area contributed by atoms with Gasteiger partial charge in [-0.1, -0.05) is 46.8 Å². The zero-order chi connectivity index (χ0) is 16.6. The second-order valence-electron chi connectivity index (χ2n) is 5.91. The standard InChI is InChI=1S/C17H28O4/c1-8-17(7,9-2)10-14(21-16(19)13(5)6)11-20-15(18)12(3)4/h14H,3,5,8-11H2,1-2,4,6-7H3. The molecule has 0 aliphatic rings. The first-order valence-electron chi connectivity index (χ1n) is 7.34.